The molecule has 2 aromatic carbocycles. The number of hydrogen-bond donors (Lipinski definition) is 4. The van der Waals surface area contributed by atoms with E-state index in [0.717, 1.165) is 35.6 Å². The highest BCUT2D eigenvalue weighted by Crippen LogP contribution is 2.52. The highest BCUT2D eigenvalue weighted by atomic mass is 16.3. The van der Waals surface area contributed by atoms with Crippen LogP contribution in [0, 0.1) is 35.5 Å². The van der Waals surface area contributed by atoms with Gasteiger partial charge in [-0.1, -0.05) is 85.0 Å². The minimum absolute atomic E-state index is 0.0120. The molecule has 66 heavy (non-hydrogen) atoms. The fourth-order valence-electron chi connectivity index (χ4n) is 11.7. The molecule has 4 aliphatic heterocycles. The molecule has 4 bridgehead atoms. The van der Waals surface area contributed by atoms with E-state index in [2.05, 4.69) is 20.4 Å². The van der Waals surface area contributed by atoms with E-state index in [9.17, 15) is 29.4 Å². The topological polar surface area (TPSA) is 149 Å². The Hall–Kier alpha value is -5.40. The quantitative estimate of drug-likeness (QED) is 0.116. The molecule has 0 unspecified atom stereocenters. The van der Waals surface area contributed by atoms with Crippen LogP contribution in [0.15, 0.2) is 107 Å². The summed E-state index contributed by atoms with van der Waals surface area (Å²) in [5.74, 6) is 0.00725. The van der Waals surface area contributed by atoms with Gasteiger partial charge in [0.2, 0.25) is 11.8 Å². The van der Waals surface area contributed by atoms with Gasteiger partial charge in [-0.25, -0.2) is 0 Å². The minimum Gasteiger partial charge on any atom is -0.396 e. The second-order valence-electron chi connectivity index (χ2n) is 19.6. The first-order chi connectivity index (χ1) is 32.1. The SMILES string of the molecule is C/C=C/c1ccc2n(c1=O)C[C@@H]1[C@@H](CO)[C@H](C(=O)N[C@@H](C)c3ccccc3)[C@H]2N1CC1CC1.C/C=C\c1ccc2n(c1=O)C[C@@H]1[C@@H](CO)[C@H](C(=O)N[C@@H](C)c3ccccc3)[C@H]2N1CC1CC1. The fourth-order valence-corrected chi connectivity index (χ4v) is 11.7. The molecule has 0 radical (unpaired) electrons. The molecule has 348 valence electrons. The van der Waals surface area contributed by atoms with Crippen LogP contribution in [0.5, 0.6) is 0 Å². The van der Waals surface area contributed by atoms with Crippen molar-refractivity contribution in [1.29, 1.82) is 0 Å². The van der Waals surface area contributed by atoms with Crippen LogP contribution >= 0.6 is 0 Å². The maximum absolute atomic E-state index is 13.7. The molecule has 12 nitrogen and oxygen atoms in total. The zero-order chi connectivity index (χ0) is 46.2. The first-order valence-corrected chi connectivity index (χ1v) is 24.2. The van der Waals surface area contributed by atoms with E-state index < -0.39 is 11.8 Å². The van der Waals surface area contributed by atoms with E-state index in [1.165, 1.54) is 25.7 Å². The first kappa shape index (κ1) is 45.7. The molecule has 2 aliphatic carbocycles. The number of nitrogens with zero attached hydrogens (tertiary/aromatic N) is 4. The minimum atomic E-state index is -0.398. The van der Waals surface area contributed by atoms with Crippen LogP contribution in [0.2, 0.25) is 0 Å². The van der Waals surface area contributed by atoms with Crippen molar-refractivity contribution in [2.24, 2.45) is 35.5 Å². The Morgan fingerprint density at radius 3 is 1.32 bits per heavy atom. The maximum Gasteiger partial charge on any atom is 0.258 e. The van der Waals surface area contributed by atoms with Gasteiger partial charge < -0.3 is 30.0 Å². The predicted molar refractivity (Wildman–Crippen MR) is 257 cm³/mol. The Labute approximate surface area is 388 Å². The summed E-state index contributed by atoms with van der Waals surface area (Å²) in [5, 5.41) is 27.3. The molecule has 2 aromatic heterocycles. The Morgan fingerprint density at radius 2 is 0.985 bits per heavy atom. The van der Waals surface area contributed by atoms with E-state index in [1.54, 1.807) is 0 Å². The molecule has 12 heteroatoms. The van der Waals surface area contributed by atoms with Gasteiger partial charge in [-0.15, -0.1) is 0 Å². The van der Waals surface area contributed by atoms with Crippen LogP contribution in [0.25, 0.3) is 12.2 Å². The number of pyridine rings is 2. The van der Waals surface area contributed by atoms with Gasteiger partial charge >= 0.3 is 0 Å². The summed E-state index contributed by atoms with van der Waals surface area (Å²) in [6.07, 6.45) is 12.3. The number of carbonyl (C=O) groups excluding carboxylic acids is 2. The van der Waals surface area contributed by atoms with Crippen LogP contribution in [0.4, 0.5) is 0 Å². The van der Waals surface area contributed by atoms with Gasteiger partial charge in [-0.05, 0) is 101 Å². The lowest BCUT2D eigenvalue weighted by Gasteiger charge is -2.38. The fraction of sp³-hybridized carbons (Fsp3) is 0.481. The number of allylic oxidation sites excluding steroid dienone is 2. The summed E-state index contributed by atoms with van der Waals surface area (Å²) >= 11 is 0. The van der Waals surface area contributed by atoms with Crippen LogP contribution in [-0.2, 0) is 22.7 Å². The Morgan fingerprint density at radius 1 is 0.606 bits per heavy atom. The number of benzene rings is 2. The third-order valence-electron chi connectivity index (χ3n) is 15.3. The summed E-state index contributed by atoms with van der Waals surface area (Å²) in [6, 6.07) is 26.9. The van der Waals surface area contributed by atoms with Crippen molar-refractivity contribution in [2.75, 3.05) is 26.3 Å². The van der Waals surface area contributed by atoms with Crippen LogP contribution in [0.3, 0.4) is 0 Å². The smallest absolute Gasteiger partial charge is 0.258 e. The molecule has 6 heterocycles. The maximum atomic E-state index is 13.7. The lowest BCUT2D eigenvalue weighted by molar-refractivity contribution is -0.129. The highest BCUT2D eigenvalue weighted by Gasteiger charge is 2.58. The van der Waals surface area contributed by atoms with Gasteiger partial charge in [0.15, 0.2) is 0 Å². The second kappa shape index (κ2) is 19.4. The number of aromatic nitrogens is 2. The number of aliphatic hydroxyl groups excluding tert-OH is 2. The highest BCUT2D eigenvalue weighted by molar-refractivity contribution is 5.82. The molecule has 10 rings (SSSR count). The molecular formula is C54H66N6O6. The lowest BCUT2D eigenvalue weighted by Crippen LogP contribution is -2.47. The van der Waals surface area contributed by atoms with Gasteiger partial charge in [0.1, 0.15) is 0 Å². The zero-order valence-corrected chi connectivity index (χ0v) is 38.7. The Bertz CT molecular complexity index is 2390. The van der Waals surface area contributed by atoms with E-state index in [1.807, 2.05) is 146 Å². The van der Waals surface area contributed by atoms with Crippen molar-refractivity contribution in [3.8, 4) is 0 Å². The van der Waals surface area contributed by atoms with Gasteiger partial charge in [0.05, 0.1) is 36.0 Å². The number of carbonyl (C=O) groups is 2. The molecule has 2 saturated heterocycles. The summed E-state index contributed by atoms with van der Waals surface area (Å²) in [4.78, 5) is 58.7. The molecule has 2 saturated carbocycles. The van der Waals surface area contributed by atoms with Gasteiger partial charge in [-0.3, -0.25) is 29.0 Å². The van der Waals surface area contributed by atoms with E-state index in [0.29, 0.717) is 36.1 Å². The molecule has 4 N–H and O–H groups in total. The third-order valence-corrected chi connectivity index (χ3v) is 15.3. The summed E-state index contributed by atoms with van der Waals surface area (Å²) in [7, 11) is 0. The molecular weight excluding hydrogens is 829 g/mol. The number of nitrogens with one attached hydrogen (secondary N) is 2. The van der Waals surface area contributed by atoms with Crippen LogP contribution in [-0.4, -0.2) is 79.3 Å². The predicted octanol–water partition coefficient (Wildman–Crippen LogP) is 6.26. The number of aliphatic hydroxyl groups is 2. The van der Waals surface area contributed by atoms with Gasteiger partial charge in [-0.2, -0.15) is 0 Å². The normalized spacial score (nSPS) is 27.5. The summed E-state index contributed by atoms with van der Waals surface area (Å²) in [5.41, 5.74) is 5.20. The van der Waals surface area contributed by atoms with Crippen molar-refractivity contribution in [3.05, 3.63) is 151 Å². The zero-order valence-electron chi connectivity index (χ0n) is 38.7. The summed E-state index contributed by atoms with van der Waals surface area (Å²) in [6.45, 7) is 10.6. The van der Waals surface area contributed by atoms with Crippen molar-refractivity contribution in [1.82, 2.24) is 29.6 Å². The lowest BCUT2D eigenvalue weighted by atomic mass is 9.86. The van der Waals surface area contributed by atoms with E-state index >= 15 is 0 Å². The second-order valence-corrected chi connectivity index (χ2v) is 19.6. The monoisotopic (exact) mass is 895 g/mol. The molecule has 2 amide bonds. The number of amides is 2. The molecule has 4 aromatic rings. The average molecular weight is 895 g/mol. The van der Waals surface area contributed by atoms with Gasteiger partial charge in [0, 0.05) is 85.8 Å². The van der Waals surface area contributed by atoms with E-state index in [4.69, 9.17) is 0 Å². The Kier molecular flexibility index (Phi) is 13.5. The third kappa shape index (κ3) is 8.80. The van der Waals surface area contributed by atoms with Crippen molar-refractivity contribution >= 4 is 24.0 Å². The van der Waals surface area contributed by atoms with Gasteiger partial charge in [0.25, 0.3) is 11.1 Å². The number of fused-ring (bicyclic) bond motifs is 8. The molecule has 6 aliphatic rings. The van der Waals surface area contributed by atoms with Crippen LogP contribution < -0.4 is 21.8 Å². The molecule has 0 spiro atoms. The first-order valence-electron chi connectivity index (χ1n) is 24.2. The standard InChI is InChI=1S/2C27H33N3O3/c2*1-3-7-20-12-13-22-25-24(26(32)28-17(2)19-8-5-4-6-9-19)21(16-31)23(15-30(22)27(20)33)29(25)14-18-10-11-18/h2*3-9,12-13,17-18,21,23-25,31H,10-11,14-16H2,1-2H3,(H,28,32)/b7-3+;7-3-/t2*17-,21+,23+,24-,25-/m00/s1. The summed E-state index contributed by atoms with van der Waals surface area (Å²) < 4.78 is 3.70. The van der Waals surface area contributed by atoms with Crippen molar-refractivity contribution in [2.45, 2.75) is 103 Å². The van der Waals surface area contributed by atoms with Crippen molar-refractivity contribution in [3.63, 3.8) is 0 Å². The average Bonchev–Trinajstić information content (AvgIpc) is 4.27. The molecule has 4 fully saturated rings. The number of rotatable bonds is 14. The Balaban J connectivity index is 0.000000166. The number of hydrogen-bond acceptors (Lipinski definition) is 8. The van der Waals surface area contributed by atoms with Crippen molar-refractivity contribution < 1.29 is 19.8 Å². The van der Waals surface area contributed by atoms with Crippen LogP contribution in [0.1, 0.15) is 111 Å². The van der Waals surface area contributed by atoms with E-state index in [-0.39, 0.29) is 84.2 Å². The largest absolute Gasteiger partial charge is 0.396 e. The molecule has 10 atom stereocenters.